The van der Waals surface area contributed by atoms with E-state index in [9.17, 15) is 0 Å². The summed E-state index contributed by atoms with van der Waals surface area (Å²) in [5, 5.41) is 3.63. The Kier molecular flexibility index (Phi) is 5.70. The Balaban J connectivity index is 2.80. The van der Waals surface area contributed by atoms with E-state index < -0.39 is 0 Å². The SMILES string of the molecule is CCCNC(c1ccc(C(C)C)cc1)C(C)C. The maximum absolute atomic E-state index is 3.63. The van der Waals surface area contributed by atoms with Gasteiger partial charge in [-0.15, -0.1) is 0 Å². The van der Waals surface area contributed by atoms with E-state index in [1.807, 2.05) is 0 Å². The van der Waals surface area contributed by atoms with E-state index in [0.717, 1.165) is 6.54 Å². The summed E-state index contributed by atoms with van der Waals surface area (Å²) >= 11 is 0. The normalized spacial score (nSPS) is 13.4. The van der Waals surface area contributed by atoms with Crippen LogP contribution in [0.25, 0.3) is 0 Å². The second-order valence-electron chi connectivity index (χ2n) is 5.50. The molecule has 96 valence electrons. The lowest BCUT2D eigenvalue weighted by Gasteiger charge is -2.23. The highest BCUT2D eigenvalue weighted by Gasteiger charge is 2.14. The molecule has 0 bridgehead atoms. The summed E-state index contributed by atoms with van der Waals surface area (Å²) in [6.45, 7) is 12.4. The molecule has 0 spiro atoms. The monoisotopic (exact) mass is 233 g/mol. The molecule has 17 heavy (non-hydrogen) atoms. The predicted octanol–water partition coefficient (Wildman–Crippen LogP) is 4.51. The van der Waals surface area contributed by atoms with Crippen molar-refractivity contribution >= 4 is 0 Å². The van der Waals surface area contributed by atoms with Gasteiger partial charge < -0.3 is 5.32 Å². The van der Waals surface area contributed by atoms with Crippen LogP contribution in [0.15, 0.2) is 24.3 Å². The quantitative estimate of drug-likeness (QED) is 0.762. The summed E-state index contributed by atoms with van der Waals surface area (Å²) in [5.74, 6) is 1.25. The van der Waals surface area contributed by atoms with Crippen molar-refractivity contribution < 1.29 is 0 Å². The lowest BCUT2D eigenvalue weighted by molar-refractivity contribution is 0.412. The molecule has 1 atom stereocenters. The minimum absolute atomic E-state index is 0.483. The molecular formula is C16H27N. The summed E-state index contributed by atoms with van der Waals surface area (Å²) in [5.41, 5.74) is 2.84. The molecule has 0 aliphatic rings. The van der Waals surface area contributed by atoms with E-state index in [0.29, 0.717) is 17.9 Å². The highest BCUT2D eigenvalue weighted by atomic mass is 14.9. The van der Waals surface area contributed by atoms with Crippen LogP contribution in [0.1, 0.15) is 64.1 Å². The maximum Gasteiger partial charge on any atom is 0.0343 e. The molecule has 0 aliphatic heterocycles. The molecule has 0 amide bonds. The molecule has 0 aliphatic carbocycles. The van der Waals surface area contributed by atoms with Crippen molar-refractivity contribution in [1.82, 2.24) is 5.32 Å². The van der Waals surface area contributed by atoms with Crippen molar-refractivity contribution in [3.63, 3.8) is 0 Å². The van der Waals surface area contributed by atoms with Crippen LogP contribution < -0.4 is 5.32 Å². The number of rotatable bonds is 6. The van der Waals surface area contributed by atoms with E-state index in [1.165, 1.54) is 17.5 Å². The van der Waals surface area contributed by atoms with Crippen LogP contribution in [0.2, 0.25) is 0 Å². The zero-order valence-corrected chi connectivity index (χ0v) is 12.0. The third kappa shape index (κ3) is 4.16. The standard InChI is InChI=1S/C16H27N/c1-6-11-17-16(13(4)5)15-9-7-14(8-10-15)12(2)3/h7-10,12-13,16-17H,6,11H2,1-5H3. The molecule has 1 N–H and O–H groups in total. The van der Waals surface area contributed by atoms with Crippen LogP contribution in [0.3, 0.4) is 0 Å². The molecule has 0 fully saturated rings. The predicted molar refractivity (Wildman–Crippen MR) is 76.4 cm³/mol. The van der Waals surface area contributed by atoms with Crippen LogP contribution in [-0.4, -0.2) is 6.54 Å². The summed E-state index contributed by atoms with van der Waals surface area (Å²) in [6.07, 6.45) is 1.19. The van der Waals surface area contributed by atoms with Gasteiger partial charge in [-0.1, -0.05) is 58.9 Å². The molecule has 1 heteroatoms. The highest BCUT2D eigenvalue weighted by molar-refractivity contribution is 5.27. The van der Waals surface area contributed by atoms with Gasteiger partial charge in [-0.05, 0) is 35.9 Å². The van der Waals surface area contributed by atoms with Gasteiger partial charge in [-0.3, -0.25) is 0 Å². The Hall–Kier alpha value is -0.820. The average Bonchev–Trinajstić information content (AvgIpc) is 2.29. The van der Waals surface area contributed by atoms with Crippen LogP contribution in [0.4, 0.5) is 0 Å². The minimum atomic E-state index is 0.483. The van der Waals surface area contributed by atoms with Crippen molar-refractivity contribution in [1.29, 1.82) is 0 Å². The highest BCUT2D eigenvalue weighted by Crippen LogP contribution is 2.23. The lowest BCUT2D eigenvalue weighted by Crippen LogP contribution is -2.26. The van der Waals surface area contributed by atoms with Crippen LogP contribution >= 0.6 is 0 Å². The zero-order valence-electron chi connectivity index (χ0n) is 12.0. The van der Waals surface area contributed by atoms with Crippen LogP contribution in [0, 0.1) is 5.92 Å². The molecule has 1 unspecified atom stereocenters. The van der Waals surface area contributed by atoms with E-state index in [2.05, 4.69) is 64.2 Å². The number of benzene rings is 1. The fourth-order valence-electron chi connectivity index (χ4n) is 2.13. The van der Waals surface area contributed by atoms with Gasteiger partial charge in [0, 0.05) is 6.04 Å². The summed E-state index contributed by atoms with van der Waals surface area (Å²) in [4.78, 5) is 0. The van der Waals surface area contributed by atoms with Crippen LogP contribution in [-0.2, 0) is 0 Å². The molecular weight excluding hydrogens is 206 g/mol. The van der Waals surface area contributed by atoms with Crippen molar-refractivity contribution in [3.8, 4) is 0 Å². The summed E-state index contributed by atoms with van der Waals surface area (Å²) < 4.78 is 0. The molecule has 1 aromatic carbocycles. The first kappa shape index (κ1) is 14.2. The smallest absolute Gasteiger partial charge is 0.0343 e. The van der Waals surface area contributed by atoms with Gasteiger partial charge in [0.05, 0.1) is 0 Å². The topological polar surface area (TPSA) is 12.0 Å². The largest absolute Gasteiger partial charge is 0.310 e. The fraction of sp³-hybridized carbons (Fsp3) is 0.625. The Labute approximate surface area is 107 Å². The second-order valence-corrected chi connectivity index (χ2v) is 5.50. The third-order valence-corrected chi connectivity index (χ3v) is 3.24. The van der Waals surface area contributed by atoms with E-state index in [-0.39, 0.29) is 0 Å². The van der Waals surface area contributed by atoms with Crippen molar-refractivity contribution in [3.05, 3.63) is 35.4 Å². The van der Waals surface area contributed by atoms with Gasteiger partial charge in [-0.25, -0.2) is 0 Å². The van der Waals surface area contributed by atoms with Crippen LogP contribution in [0.5, 0.6) is 0 Å². The van der Waals surface area contributed by atoms with E-state index in [4.69, 9.17) is 0 Å². The number of nitrogens with one attached hydrogen (secondary N) is 1. The molecule has 0 saturated carbocycles. The van der Waals surface area contributed by atoms with Gasteiger partial charge >= 0.3 is 0 Å². The Morgan fingerprint density at radius 1 is 0.941 bits per heavy atom. The molecule has 0 radical (unpaired) electrons. The van der Waals surface area contributed by atoms with E-state index >= 15 is 0 Å². The lowest BCUT2D eigenvalue weighted by atomic mass is 9.93. The van der Waals surface area contributed by atoms with Crippen molar-refractivity contribution in [2.24, 2.45) is 5.92 Å². The first-order valence-corrected chi connectivity index (χ1v) is 6.89. The zero-order chi connectivity index (χ0) is 12.8. The average molecular weight is 233 g/mol. The van der Waals surface area contributed by atoms with Gasteiger partial charge in [0.25, 0.3) is 0 Å². The first-order chi connectivity index (χ1) is 8.06. The second kappa shape index (κ2) is 6.80. The molecule has 0 saturated heterocycles. The van der Waals surface area contributed by atoms with Gasteiger partial charge in [0.2, 0.25) is 0 Å². The molecule has 1 rings (SSSR count). The molecule has 0 aromatic heterocycles. The molecule has 0 heterocycles. The summed E-state index contributed by atoms with van der Waals surface area (Å²) in [6, 6.07) is 9.58. The first-order valence-electron chi connectivity index (χ1n) is 6.89. The van der Waals surface area contributed by atoms with Gasteiger partial charge in [0.15, 0.2) is 0 Å². The number of hydrogen-bond donors (Lipinski definition) is 1. The minimum Gasteiger partial charge on any atom is -0.310 e. The maximum atomic E-state index is 3.63. The number of hydrogen-bond acceptors (Lipinski definition) is 1. The van der Waals surface area contributed by atoms with Gasteiger partial charge in [0.1, 0.15) is 0 Å². The molecule has 1 nitrogen and oxygen atoms in total. The Morgan fingerprint density at radius 2 is 1.47 bits per heavy atom. The van der Waals surface area contributed by atoms with E-state index in [1.54, 1.807) is 0 Å². The Bertz CT molecular complexity index is 311. The Morgan fingerprint density at radius 3 is 1.88 bits per heavy atom. The fourth-order valence-corrected chi connectivity index (χ4v) is 2.13. The summed E-state index contributed by atoms with van der Waals surface area (Å²) in [7, 11) is 0. The molecule has 1 aromatic rings. The van der Waals surface area contributed by atoms with Gasteiger partial charge in [-0.2, -0.15) is 0 Å². The third-order valence-electron chi connectivity index (χ3n) is 3.24. The van der Waals surface area contributed by atoms with Crippen molar-refractivity contribution in [2.45, 2.75) is 53.0 Å². The van der Waals surface area contributed by atoms with Crippen molar-refractivity contribution in [2.75, 3.05) is 6.54 Å².